The molecule has 1 amide bonds. The van der Waals surface area contributed by atoms with Gasteiger partial charge < -0.3 is 11.1 Å². The Kier molecular flexibility index (Phi) is 5.12. The van der Waals surface area contributed by atoms with Crippen molar-refractivity contribution in [3.63, 3.8) is 0 Å². The molecule has 1 atom stereocenters. The first kappa shape index (κ1) is 15.3. The summed E-state index contributed by atoms with van der Waals surface area (Å²) in [4.78, 5) is 12.2. The number of carbonyl (C=O) groups is 1. The average molecular weight is 282 g/mol. The molecule has 2 rings (SSSR count). The van der Waals surface area contributed by atoms with E-state index in [1.54, 1.807) is 0 Å². The van der Waals surface area contributed by atoms with E-state index in [2.05, 4.69) is 24.4 Å². The fraction of sp³-hybridized carbons (Fsp3) is 0.278. The van der Waals surface area contributed by atoms with Gasteiger partial charge in [0.05, 0.1) is 6.04 Å². The Morgan fingerprint density at radius 2 is 1.71 bits per heavy atom. The van der Waals surface area contributed by atoms with Gasteiger partial charge in [0, 0.05) is 5.56 Å². The van der Waals surface area contributed by atoms with E-state index in [4.69, 9.17) is 5.73 Å². The Bertz CT molecular complexity index is 588. The van der Waals surface area contributed by atoms with E-state index in [0.717, 1.165) is 17.5 Å². The molecule has 0 saturated carbocycles. The molecule has 1 unspecified atom stereocenters. The fourth-order valence-electron chi connectivity index (χ4n) is 2.21. The fourth-order valence-corrected chi connectivity index (χ4v) is 2.21. The van der Waals surface area contributed by atoms with Crippen molar-refractivity contribution in [1.82, 2.24) is 5.32 Å². The maximum Gasteiger partial charge on any atom is 0.251 e. The number of hydrogen-bond acceptors (Lipinski definition) is 2. The molecule has 2 aromatic rings. The van der Waals surface area contributed by atoms with E-state index in [1.165, 1.54) is 5.56 Å². The molecule has 21 heavy (non-hydrogen) atoms. The van der Waals surface area contributed by atoms with Crippen LogP contribution in [0.2, 0.25) is 0 Å². The number of rotatable bonds is 5. The molecule has 0 aliphatic heterocycles. The van der Waals surface area contributed by atoms with Crippen LogP contribution in [0.15, 0.2) is 48.5 Å². The van der Waals surface area contributed by atoms with E-state index in [9.17, 15) is 4.79 Å². The molecule has 0 aliphatic rings. The summed E-state index contributed by atoms with van der Waals surface area (Å²) >= 11 is 0. The molecule has 2 aromatic carbocycles. The first-order valence-electron chi connectivity index (χ1n) is 7.26. The molecule has 0 heterocycles. The lowest BCUT2D eigenvalue weighted by atomic mass is 10.1. The van der Waals surface area contributed by atoms with Crippen LogP contribution in [0.3, 0.4) is 0 Å². The van der Waals surface area contributed by atoms with Crippen molar-refractivity contribution in [2.75, 3.05) is 6.54 Å². The van der Waals surface area contributed by atoms with Crippen molar-refractivity contribution in [2.45, 2.75) is 26.3 Å². The van der Waals surface area contributed by atoms with Crippen LogP contribution in [0.1, 0.15) is 40.0 Å². The minimum absolute atomic E-state index is 0.0122. The van der Waals surface area contributed by atoms with E-state index in [-0.39, 0.29) is 11.9 Å². The second-order valence-corrected chi connectivity index (χ2v) is 5.34. The molecule has 0 saturated heterocycles. The van der Waals surface area contributed by atoms with Crippen LogP contribution in [0.5, 0.6) is 0 Å². The predicted octanol–water partition coefficient (Wildman–Crippen LogP) is 2.99. The highest BCUT2D eigenvalue weighted by molar-refractivity contribution is 5.94. The highest BCUT2D eigenvalue weighted by Crippen LogP contribution is 2.14. The molecule has 0 radical (unpaired) electrons. The Morgan fingerprint density at radius 1 is 1.10 bits per heavy atom. The normalized spacial score (nSPS) is 12.0. The lowest BCUT2D eigenvalue weighted by Gasteiger charge is -2.15. The van der Waals surface area contributed by atoms with Gasteiger partial charge in [0.1, 0.15) is 0 Å². The van der Waals surface area contributed by atoms with Crippen molar-refractivity contribution in [3.8, 4) is 0 Å². The number of aryl methyl sites for hydroxylation is 1. The smallest absolute Gasteiger partial charge is 0.251 e. The van der Waals surface area contributed by atoms with Gasteiger partial charge in [-0.1, -0.05) is 42.0 Å². The van der Waals surface area contributed by atoms with Crippen LogP contribution < -0.4 is 11.1 Å². The third kappa shape index (κ3) is 4.17. The Labute approximate surface area is 126 Å². The van der Waals surface area contributed by atoms with E-state index in [0.29, 0.717) is 12.1 Å². The number of amides is 1. The zero-order valence-electron chi connectivity index (χ0n) is 12.6. The highest BCUT2D eigenvalue weighted by Gasteiger charge is 2.11. The average Bonchev–Trinajstić information content (AvgIpc) is 2.49. The minimum Gasteiger partial charge on any atom is -0.346 e. The Balaban J connectivity index is 2.01. The highest BCUT2D eigenvalue weighted by atomic mass is 16.1. The van der Waals surface area contributed by atoms with E-state index < -0.39 is 0 Å². The molecule has 3 nitrogen and oxygen atoms in total. The van der Waals surface area contributed by atoms with Crippen LogP contribution in [0.4, 0.5) is 0 Å². The summed E-state index contributed by atoms with van der Waals surface area (Å²) in [5.74, 6) is -0.0534. The molecule has 0 aliphatic carbocycles. The Morgan fingerprint density at radius 3 is 2.29 bits per heavy atom. The van der Waals surface area contributed by atoms with Crippen LogP contribution >= 0.6 is 0 Å². The monoisotopic (exact) mass is 282 g/mol. The maximum absolute atomic E-state index is 12.2. The molecule has 0 fully saturated rings. The first-order chi connectivity index (χ1) is 10.1. The lowest BCUT2D eigenvalue weighted by molar-refractivity contribution is 0.0940. The Hall–Kier alpha value is -2.13. The second kappa shape index (κ2) is 7.04. The first-order valence-corrected chi connectivity index (χ1v) is 7.26. The van der Waals surface area contributed by atoms with Gasteiger partial charge in [0.2, 0.25) is 0 Å². The topological polar surface area (TPSA) is 55.1 Å². The largest absolute Gasteiger partial charge is 0.346 e. The maximum atomic E-state index is 12.2. The summed E-state index contributed by atoms with van der Waals surface area (Å²) in [6.07, 6.45) is 0.835. The molecule has 3 N–H and O–H groups in total. The van der Waals surface area contributed by atoms with Crippen molar-refractivity contribution < 1.29 is 4.79 Å². The van der Waals surface area contributed by atoms with Gasteiger partial charge in [-0.25, -0.2) is 0 Å². The van der Waals surface area contributed by atoms with Gasteiger partial charge in [-0.05, 0) is 50.1 Å². The van der Waals surface area contributed by atoms with Gasteiger partial charge in [-0.2, -0.15) is 0 Å². The summed E-state index contributed by atoms with van der Waals surface area (Å²) in [6, 6.07) is 15.8. The van der Waals surface area contributed by atoms with Crippen molar-refractivity contribution in [2.24, 2.45) is 5.73 Å². The molecule has 0 aromatic heterocycles. The van der Waals surface area contributed by atoms with Gasteiger partial charge >= 0.3 is 0 Å². The molecular weight excluding hydrogens is 260 g/mol. The van der Waals surface area contributed by atoms with Crippen molar-refractivity contribution in [3.05, 3.63) is 70.8 Å². The van der Waals surface area contributed by atoms with Gasteiger partial charge in [0.25, 0.3) is 5.91 Å². The SMILES string of the molecule is Cc1ccc(C(C)NC(=O)c2ccc(CCN)cc2)cc1. The summed E-state index contributed by atoms with van der Waals surface area (Å²) in [7, 11) is 0. The lowest BCUT2D eigenvalue weighted by Crippen LogP contribution is -2.26. The molecule has 3 heteroatoms. The molecule has 0 spiro atoms. The number of nitrogens with one attached hydrogen (secondary N) is 1. The van der Waals surface area contributed by atoms with Gasteiger partial charge in [-0.3, -0.25) is 4.79 Å². The van der Waals surface area contributed by atoms with Gasteiger partial charge in [0.15, 0.2) is 0 Å². The third-order valence-electron chi connectivity index (χ3n) is 3.57. The summed E-state index contributed by atoms with van der Waals surface area (Å²) in [6.45, 7) is 4.66. The van der Waals surface area contributed by atoms with Crippen LogP contribution in [-0.2, 0) is 6.42 Å². The number of carbonyl (C=O) groups excluding carboxylic acids is 1. The third-order valence-corrected chi connectivity index (χ3v) is 3.57. The molecule has 0 bridgehead atoms. The van der Waals surface area contributed by atoms with Crippen molar-refractivity contribution in [1.29, 1.82) is 0 Å². The number of nitrogens with two attached hydrogens (primary N) is 1. The standard InChI is InChI=1S/C18H22N2O/c1-13-3-7-16(8-4-13)14(2)20-18(21)17-9-5-15(6-10-17)11-12-19/h3-10,14H,11-12,19H2,1-2H3,(H,20,21). The zero-order chi connectivity index (χ0) is 15.2. The molecular formula is C18H22N2O. The zero-order valence-corrected chi connectivity index (χ0v) is 12.6. The van der Waals surface area contributed by atoms with Crippen LogP contribution in [0, 0.1) is 6.92 Å². The number of benzene rings is 2. The minimum atomic E-state index is -0.0534. The summed E-state index contributed by atoms with van der Waals surface area (Å²) < 4.78 is 0. The van der Waals surface area contributed by atoms with Crippen molar-refractivity contribution >= 4 is 5.91 Å². The summed E-state index contributed by atoms with van der Waals surface area (Å²) in [5, 5.41) is 3.02. The van der Waals surface area contributed by atoms with Crippen LogP contribution in [-0.4, -0.2) is 12.5 Å². The second-order valence-electron chi connectivity index (χ2n) is 5.34. The summed E-state index contributed by atoms with van der Waals surface area (Å²) in [5.41, 5.74) is 9.67. The number of hydrogen-bond donors (Lipinski definition) is 2. The predicted molar refractivity (Wildman–Crippen MR) is 86.3 cm³/mol. The molecule has 110 valence electrons. The quantitative estimate of drug-likeness (QED) is 0.885. The van der Waals surface area contributed by atoms with E-state index >= 15 is 0 Å². The van der Waals surface area contributed by atoms with Gasteiger partial charge in [-0.15, -0.1) is 0 Å². The van der Waals surface area contributed by atoms with Crippen LogP contribution in [0.25, 0.3) is 0 Å². The van der Waals surface area contributed by atoms with E-state index in [1.807, 2.05) is 43.3 Å².